The molecule has 0 heterocycles. The summed E-state index contributed by atoms with van der Waals surface area (Å²) in [6.07, 6.45) is 0. The molecule has 0 N–H and O–H groups in total. The summed E-state index contributed by atoms with van der Waals surface area (Å²) in [5, 5.41) is 0. The monoisotopic (exact) mass is 338 g/mol. The standard InChI is InChI=1S/C8H8O8P2.2Na/c9-7(17(11,12)13)5-2-1-3-6(4-5)8(10)18(14,15)16;;/h1-4H,(H2,11,12,13)(H2,14,15,16);;/q;2*+1/p-2. The van der Waals surface area contributed by atoms with E-state index in [1.807, 2.05) is 0 Å². The number of carbonyl (C=O) groups is 2. The van der Waals surface area contributed by atoms with Gasteiger partial charge in [0.2, 0.25) is 0 Å². The number of benzene rings is 1. The van der Waals surface area contributed by atoms with E-state index in [1.165, 1.54) is 0 Å². The first kappa shape index (κ1) is 23.1. The van der Waals surface area contributed by atoms with E-state index in [2.05, 4.69) is 0 Å². The van der Waals surface area contributed by atoms with Gasteiger partial charge in [-0.3, -0.25) is 9.59 Å². The van der Waals surface area contributed by atoms with Gasteiger partial charge in [0.25, 0.3) is 0 Å². The van der Waals surface area contributed by atoms with Crippen molar-refractivity contribution in [1.29, 1.82) is 0 Å². The van der Waals surface area contributed by atoms with Gasteiger partial charge < -0.3 is 28.7 Å². The predicted octanol–water partition coefficient (Wildman–Crippen LogP) is -7.97. The number of rotatable bonds is 4. The maximum atomic E-state index is 11.1. The minimum atomic E-state index is -5.54. The van der Waals surface area contributed by atoms with Gasteiger partial charge in [-0.05, 0) is 6.07 Å². The van der Waals surface area contributed by atoms with Crippen molar-refractivity contribution in [2.75, 3.05) is 0 Å². The summed E-state index contributed by atoms with van der Waals surface area (Å²) in [6, 6.07) is 3.35. The Balaban J connectivity index is -0.000000405. The van der Waals surface area contributed by atoms with Gasteiger partial charge in [-0.15, -0.1) is 0 Å². The number of hydrogen-bond acceptors (Lipinski definition) is 8. The molecule has 0 saturated heterocycles. The Morgan fingerprint density at radius 1 is 0.850 bits per heavy atom. The molecular formula is C8H6Na2O8P2. The van der Waals surface area contributed by atoms with Gasteiger partial charge in [-0.1, -0.05) is 18.2 Å². The van der Waals surface area contributed by atoms with Crippen LogP contribution in [-0.4, -0.2) is 11.0 Å². The average molecular weight is 338 g/mol. The van der Waals surface area contributed by atoms with Crippen molar-refractivity contribution < 1.29 is 100 Å². The molecule has 0 aliphatic heterocycles. The smallest absolute Gasteiger partial charge is 0.805 e. The second kappa shape index (κ2) is 8.48. The maximum absolute atomic E-state index is 11.1. The molecule has 0 atom stereocenters. The van der Waals surface area contributed by atoms with Gasteiger partial charge in [0, 0.05) is 26.3 Å². The van der Waals surface area contributed by atoms with Crippen LogP contribution in [0.25, 0.3) is 0 Å². The predicted molar refractivity (Wildman–Crippen MR) is 52.5 cm³/mol. The van der Waals surface area contributed by atoms with Crippen LogP contribution >= 0.6 is 15.2 Å². The Hall–Kier alpha value is 0.860. The van der Waals surface area contributed by atoms with Crippen molar-refractivity contribution >= 4 is 26.2 Å². The van der Waals surface area contributed by atoms with E-state index >= 15 is 0 Å². The molecule has 0 aromatic heterocycles. The summed E-state index contributed by atoms with van der Waals surface area (Å²) in [5.74, 6) is 0. The first-order valence-electron chi connectivity index (χ1n) is 4.27. The van der Waals surface area contributed by atoms with Crippen LogP contribution < -0.4 is 78.7 Å². The zero-order valence-corrected chi connectivity index (χ0v) is 16.3. The molecule has 8 nitrogen and oxygen atoms in total. The molecule has 0 bridgehead atoms. The zero-order chi connectivity index (χ0) is 14.1. The number of carbonyl (C=O) groups excluding carboxylic acids is 2. The summed E-state index contributed by atoms with van der Waals surface area (Å²) in [4.78, 5) is 64.0. The molecule has 0 fully saturated rings. The summed E-state index contributed by atoms with van der Waals surface area (Å²) >= 11 is 0. The van der Waals surface area contributed by atoms with E-state index in [0.29, 0.717) is 6.07 Å². The van der Waals surface area contributed by atoms with Gasteiger partial charge in [-0.25, -0.2) is 0 Å². The molecule has 0 saturated carbocycles. The Kier molecular flexibility index (Phi) is 9.81. The van der Waals surface area contributed by atoms with Crippen LogP contribution in [0.15, 0.2) is 24.3 Å². The second-order valence-corrected chi connectivity index (χ2v) is 5.99. The van der Waals surface area contributed by atoms with Crippen LogP contribution in [-0.2, 0) is 9.13 Å². The molecule has 1 rings (SSSR count). The van der Waals surface area contributed by atoms with E-state index in [0.717, 1.165) is 18.2 Å². The minimum absolute atomic E-state index is 0. The molecule has 1 aromatic rings. The van der Waals surface area contributed by atoms with Crippen molar-refractivity contribution in [3.05, 3.63) is 35.4 Å². The quantitative estimate of drug-likeness (QED) is 0.386. The third-order valence-electron chi connectivity index (χ3n) is 1.85. The maximum Gasteiger partial charge on any atom is 1.00 e. The van der Waals surface area contributed by atoms with Crippen molar-refractivity contribution in [2.24, 2.45) is 0 Å². The van der Waals surface area contributed by atoms with Crippen molar-refractivity contribution in [3.63, 3.8) is 0 Å². The minimum Gasteiger partial charge on any atom is -0.805 e. The average Bonchev–Trinajstić information content (AvgIpc) is 2.24. The van der Waals surface area contributed by atoms with E-state index in [1.54, 1.807) is 0 Å². The van der Waals surface area contributed by atoms with Gasteiger partial charge in [0.15, 0.2) is 11.0 Å². The molecule has 0 radical (unpaired) electrons. The third-order valence-corrected chi connectivity index (χ3v) is 3.37. The topological polar surface area (TPSA) is 161 Å². The van der Waals surface area contributed by atoms with Crippen LogP contribution in [0.2, 0.25) is 0 Å². The largest absolute Gasteiger partial charge is 1.00 e. The summed E-state index contributed by atoms with van der Waals surface area (Å²) in [6.45, 7) is 0. The van der Waals surface area contributed by atoms with Crippen LogP contribution in [0.4, 0.5) is 0 Å². The van der Waals surface area contributed by atoms with Gasteiger partial charge >= 0.3 is 62.0 Å². The number of hydrogen-bond donors (Lipinski definition) is 0. The molecule has 0 spiro atoms. The van der Waals surface area contributed by atoms with Gasteiger partial charge in [-0.2, -0.15) is 0 Å². The Bertz CT molecular complexity index is 565. The van der Waals surface area contributed by atoms with E-state index < -0.39 is 37.4 Å². The Labute approximate surface area is 160 Å². The SMILES string of the molecule is O=C(c1cccc(C(=O)P(=O)([O-])[O-])c1)P(=O)([O-])[O-].[H+].[H+].[Na+].[Na+]. The van der Waals surface area contributed by atoms with Gasteiger partial charge in [0.1, 0.15) is 0 Å². The fraction of sp³-hybridized carbons (Fsp3) is 0. The molecular weight excluding hydrogens is 332 g/mol. The molecule has 0 aliphatic carbocycles. The normalized spacial score (nSPS) is 11.0. The second-order valence-electron chi connectivity index (χ2n) is 3.19. The fourth-order valence-corrected chi connectivity index (χ4v) is 2.01. The van der Waals surface area contributed by atoms with Crippen LogP contribution in [0.3, 0.4) is 0 Å². The molecule has 20 heavy (non-hydrogen) atoms. The first-order valence-corrected chi connectivity index (χ1v) is 7.36. The summed E-state index contributed by atoms with van der Waals surface area (Å²) in [5.41, 5.74) is -4.93. The van der Waals surface area contributed by atoms with Crippen LogP contribution in [0.5, 0.6) is 0 Å². The van der Waals surface area contributed by atoms with Crippen LogP contribution in [0.1, 0.15) is 23.6 Å². The summed E-state index contributed by atoms with van der Waals surface area (Å²) < 4.78 is 20.9. The zero-order valence-electron chi connectivity index (χ0n) is 12.5. The van der Waals surface area contributed by atoms with Crippen LogP contribution in [0, 0.1) is 0 Å². The molecule has 0 amide bonds. The molecule has 0 aliphatic rings. The summed E-state index contributed by atoms with van der Waals surface area (Å²) in [7, 11) is -11.1. The third kappa shape index (κ3) is 6.32. The van der Waals surface area contributed by atoms with Gasteiger partial charge in [0.05, 0.1) is 0 Å². The van der Waals surface area contributed by atoms with E-state index in [4.69, 9.17) is 0 Å². The van der Waals surface area contributed by atoms with Crippen molar-refractivity contribution in [1.82, 2.24) is 0 Å². The van der Waals surface area contributed by atoms with Crippen molar-refractivity contribution in [3.8, 4) is 0 Å². The Morgan fingerprint density at radius 3 is 1.40 bits per heavy atom. The first-order chi connectivity index (χ1) is 8.03. The molecule has 12 heteroatoms. The molecule has 98 valence electrons. The Morgan fingerprint density at radius 2 is 1.15 bits per heavy atom. The van der Waals surface area contributed by atoms with E-state index in [-0.39, 0.29) is 62.0 Å². The molecule has 0 unspecified atom stereocenters. The van der Waals surface area contributed by atoms with E-state index in [9.17, 15) is 38.3 Å². The molecule has 1 aromatic carbocycles. The van der Waals surface area contributed by atoms with Crippen molar-refractivity contribution in [2.45, 2.75) is 0 Å². The fourth-order valence-electron chi connectivity index (χ4n) is 1.10.